The van der Waals surface area contributed by atoms with Gasteiger partial charge in [0.15, 0.2) is 0 Å². The van der Waals surface area contributed by atoms with Crippen LogP contribution in [0.15, 0.2) is 18.2 Å². The Morgan fingerprint density at radius 2 is 1.76 bits per heavy atom. The third-order valence-corrected chi connectivity index (χ3v) is 3.12. The summed E-state index contributed by atoms with van der Waals surface area (Å²) in [5.41, 5.74) is -1.89. The Labute approximate surface area is 121 Å². The van der Waals surface area contributed by atoms with Crippen LogP contribution in [-0.4, -0.2) is 17.8 Å². The molecule has 0 fully saturated rings. The Morgan fingerprint density at radius 1 is 1.19 bits per heavy atom. The highest BCUT2D eigenvalue weighted by molar-refractivity contribution is 5.29. The maximum atomic E-state index is 13.3. The maximum Gasteiger partial charge on any atom is 0.419 e. The van der Waals surface area contributed by atoms with Crippen molar-refractivity contribution in [1.29, 1.82) is 0 Å². The molecule has 0 radical (unpaired) electrons. The smallest absolute Gasteiger partial charge is 0.386 e. The Kier molecular flexibility index (Phi) is 5.39. The minimum atomic E-state index is -4.80. The molecule has 0 saturated carbocycles. The molecule has 0 amide bonds. The highest BCUT2D eigenvalue weighted by Gasteiger charge is 2.37. The molecule has 0 aliphatic heterocycles. The van der Waals surface area contributed by atoms with Crippen molar-refractivity contribution in [2.45, 2.75) is 46.1 Å². The molecule has 2 unspecified atom stereocenters. The van der Waals surface area contributed by atoms with E-state index in [1.165, 1.54) is 0 Å². The number of hydrogen-bond acceptors (Lipinski definition) is 2. The molecule has 0 bridgehead atoms. The van der Waals surface area contributed by atoms with Crippen molar-refractivity contribution in [3.05, 3.63) is 35.1 Å². The molecule has 2 atom stereocenters. The van der Waals surface area contributed by atoms with Crippen molar-refractivity contribution in [1.82, 2.24) is 0 Å². The lowest BCUT2D eigenvalue weighted by Crippen LogP contribution is -2.35. The topological polar surface area (TPSA) is 29.5 Å². The zero-order valence-electron chi connectivity index (χ0n) is 12.5. The van der Waals surface area contributed by atoms with Crippen LogP contribution in [0.4, 0.5) is 17.6 Å². The first-order chi connectivity index (χ1) is 9.48. The van der Waals surface area contributed by atoms with E-state index in [2.05, 4.69) is 0 Å². The first-order valence-electron chi connectivity index (χ1n) is 6.64. The van der Waals surface area contributed by atoms with Crippen molar-refractivity contribution in [3.8, 4) is 0 Å². The van der Waals surface area contributed by atoms with Crippen LogP contribution >= 0.6 is 0 Å². The van der Waals surface area contributed by atoms with Crippen LogP contribution in [0, 0.1) is 11.2 Å². The number of alkyl halides is 3. The van der Waals surface area contributed by atoms with Gasteiger partial charge in [0.05, 0.1) is 11.7 Å². The Bertz CT molecular complexity index is 478. The van der Waals surface area contributed by atoms with Crippen molar-refractivity contribution in [3.63, 3.8) is 0 Å². The highest BCUT2D eigenvalue weighted by Crippen LogP contribution is 2.36. The summed E-state index contributed by atoms with van der Waals surface area (Å²) in [7, 11) is 0. The van der Waals surface area contributed by atoms with Gasteiger partial charge in [-0.05, 0) is 30.0 Å². The summed E-state index contributed by atoms with van der Waals surface area (Å²) in [6.45, 7) is 7.48. The van der Waals surface area contributed by atoms with Gasteiger partial charge in [0, 0.05) is 6.61 Å². The van der Waals surface area contributed by atoms with Crippen molar-refractivity contribution >= 4 is 0 Å². The highest BCUT2D eigenvalue weighted by atomic mass is 19.4. The van der Waals surface area contributed by atoms with Gasteiger partial charge < -0.3 is 9.84 Å². The van der Waals surface area contributed by atoms with E-state index in [1.54, 1.807) is 6.92 Å². The quantitative estimate of drug-likeness (QED) is 0.839. The molecule has 0 heterocycles. The maximum absolute atomic E-state index is 13.3. The molecule has 0 aliphatic rings. The summed E-state index contributed by atoms with van der Waals surface area (Å²) in [4.78, 5) is 0. The minimum absolute atomic E-state index is 0.0166. The fourth-order valence-corrected chi connectivity index (χ4v) is 2.11. The Balaban J connectivity index is 3.20. The summed E-state index contributed by atoms with van der Waals surface area (Å²) in [6, 6.07) is 2.50. The van der Waals surface area contributed by atoms with Crippen LogP contribution in [-0.2, 0) is 10.9 Å². The molecular weight excluding hydrogens is 288 g/mol. The minimum Gasteiger partial charge on any atom is -0.386 e. The summed E-state index contributed by atoms with van der Waals surface area (Å²) < 4.78 is 56.9. The molecule has 2 nitrogen and oxygen atoms in total. The third kappa shape index (κ3) is 4.41. The van der Waals surface area contributed by atoms with Crippen LogP contribution in [0.25, 0.3) is 0 Å². The second kappa shape index (κ2) is 6.32. The van der Waals surface area contributed by atoms with E-state index in [9.17, 15) is 22.7 Å². The molecule has 6 heteroatoms. The first kappa shape index (κ1) is 17.9. The lowest BCUT2D eigenvalue weighted by Gasteiger charge is -2.34. The number of halogens is 4. The third-order valence-electron chi connectivity index (χ3n) is 3.12. The van der Waals surface area contributed by atoms with Gasteiger partial charge in [-0.1, -0.05) is 26.8 Å². The predicted octanol–water partition coefficient (Wildman–Crippen LogP) is 4.33. The van der Waals surface area contributed by atoms with Gasteiger partial charge in [0.25, 0.3) is 0 Å². The number of benzene rings is 1. The number of ether oxygens (including phenoxy) is 1. The number of aliphatic hydroxyl groups excluding tert-OH is 1. The molecule has 120 valence electrons. The van der Waals surface area contributed by atoms with E-state index in [1.807, 2.05) is 20.8 Å². The van der Waals surface area contributed by atoms with Gasteiger partial charge in [-0.2, -0.15) is 13.2 Å². The van der Waals surface area contributed by atoms with Gasteiger partial charge in [-0.25, -0.2) is 4.39 Å². The first-order valence-corrected chi connectivity index (χ1v) is 6.64. The van der Waals surface area contributed by atoms with E-state index in [0.717, 1.165) is 6.07 Å². The van der Waals surface area contributed by atoms with E-state index in [4.69, 9.17) is 4.74 Å². The predicted molar refractivity (Wildman–Crippen MR) is 71.2 cm³/mol. The molecule has 0 spiro atoms. The summed E-state index contributed by atoms with van der Waals surface area (Å²) in [5.74, 6) is -1.36. The molecule has 0 aliphatic carbocycles. The number of hydrogen-bond donors (Lipinski definition) is 1. The molecule has 0 aromatic heterocycles. The number of rotatable bonds is 4. The molecular formula is C15H20F4O2. The molecule has 1 rings (SSSR count). The van der Waals surface area contributed by atoms with E-state index in [-0.39, 0.29) is 5.56 Å². The lowest BCUT2D eigenvalue weighted by molar-refractivity contribution is -0.140. The molecule has 1 aromatic rings. The monoisotopic (exact) mass is 308 g/mol. The van der Waals surface area contributed by atoms with Crippen LogP contribution in [0.3, 0.4) is 0 Å². The molecule has 1 aromatic carbocycles. The second-order valence-corrected chi connectivity index (χ2v) is 5.92. The fourth-order valence-electron chi connectivity index (χ4n) is 2.11. The van der Waals surface area contributed by atoms with Crippen molar-refractivity contribution in [2.24, 2.45) is 5.41 Å². The van der Waals surface area contributed by atoms with E-state index < -0.39 is 35.2 Å². The van der Waals surface area contributed by atoms with E-state index in [0.29, 0.717) is 18.7 Å². The largest absolute Gasteiger partial charge is 0.419 e. The van der Waals surface area contributed by atoms with Gasteiger partial charge >= 0.3 is 6.18 Å². The van der Waals surface area contributed by atoms with Crippen LogP contribution in [0.5, 0.6) is 0 Å². The van der Waals surface area contributed by atoms with Gasteiger partial charge in [-0.3, -0.25) is 0 Å². The molecule has 0 saturated heterocycles. The van der Waals surface area contributed by atoms with E-state index >= 15 is 0 Å². The molecule has 1 N–H and O–H groups in total. The molecule has 21 heavy (non-hydrogen) atoms. The van der Waals surface area contributed by atoms with Gasteiger partial charge in [0.2, 0.25) is 0 Å². The standard InChI is InChI=1S/C15H20F4O2/c1-5-21-13(14(2,3)4)12(20)9-6-7-11(16)10(8-9)15(17,18)19/h6-8,12-13,20H,5H2,1-4H3. The lowest BCUT2D eigenvalue weighted by atomic mass is 9.83. The van der Waals surface area contributed by atoms with Gasteiger partial charge in [0.1, 0.15) is 11.9 Å². The second-order valence-electron chi connectivity index (χ2n) is 5.92. The summed E-state index contributed by atoms with van der Waals surface area (Å²) >= 11 is 0. The van der Waals surface area contributed by atoms with Crippen molar-refractivity contribution < 1.29 is 27.4 Å². The van der Waals surface area contributed by atoms with Crippen LogP contribution in [0.2, 0.25) is 0 Å². The van der Waals surface area contributed by atoms with Crippen LogP contribution in [0.1, 0.15) is 44.9 Å². The summed E-state index contributed by atoms with van der Waals surface area (Å²) in [6.07, 6.45) is -6.77. The fraction of sp³-hybridized carbons (Fsp3) is 0.600. The Hall–Kier alpha value is -1.14. The SMILES string of the molecule is CCOC(C(O)c1ccc(F)c(C(F)(F)F)c1)C(C)(C)C. The zero-order chi connectivity index (χ0) is 16.4. The Morgan fingerprint density at radius 3 is 2.19 bits per heavy atom. The number of aliphatic hydroxyl groups is 1. The summed E-state index contributed by atoms with van der Waals surface area (Å²) in [5, 5.41) is 10.3. The average molecular weight is 308 g/mol. The van der Waals surface area contributed by atoms with Crippen LogP contribution < -0.4 is 0 Å². The van der Waals surface area contributed by atoms with Gasteiger partial charge in [-0.15, -0.1) is 0 Å². The zero-order valence-corrected chi connectivity index (χ0v) is 12.5. The normalized spacial score (nSPS) is 15.9. The van der Waals surface area contributed by atoms with Crippen molar-refractivity contribution in [2.75, 3.05) is 6.61 Å². The average Bonchev–Trinajstić information content (AvgIpc) is 2.33.